The van der Waals surface area contributed by atoms with Crippen LogP contribution in [0.1, 0.15) is 23.2 Å². The Labute approximate surface area is 163 Å². The molecule has 1 atom stereocenters. The molecule has 1 unspecified atom stereocenters. The lowest BCUT2D eigenvalue weighted by Gasteiger charge is -2.26. The average molecular weight is 388 g/mol. The quantitative estimate of drug-likeness (QED) is 0.789. The summed E-state index contributed by atoms with van der Waals surface area (Å²) in [6.07, 6.45) is 1.74. The molecular formula is C21H22ClNO4. The zero-order chi connectivity index (χ0) is 18.6. The van der Waals surface area contributed by atoms with Crippen molar-refractivity contribution in [1.29, 1.82) is 0 Å². The van der Waals surface area contributed by atoms with E-state index in [9.17, 15) is 4.79 Å². The van der Waals surface area contributed by atoms with Crippen molar-refractivity contribution in [2.75, 3.05) is 37.9 Å². The summed E-state index contributed by atoms with van der Waals surface area (Å²) in [6, 6.07) is 13.1. The Morgan fingerprint density at radius 1 is 1.11 bits per heavy atom. The molecule has 0 aromatic heterocycles. The third kappa shape index (κ3) is 4.04. The maximum absolute atomic E-state index is 13.4. The highest BCUT2D eigenvalue weighted by Crippen LogP contribution is 2.38. The van der Waals surface area contributed by atoms with Gasteiger partial charge in [-0.15, -0.1) is 0 Å². The number of benzene rings is 2. The van der Waals surface area contributed by atoms with Gasteiger partial charge in [-0.3, -0.25) is 4.79 Å². The zero-order valence-corrected chi connectivity index (χ0v) is 15.8. The van der Waals surface area contributed by atoms with E-state index in [1.807, 2.05) is 30.3 Å². The van der Waals surface area contributed by atoms with Gasteiger partial charge in [0.1, 0.15) is 0 Å². The molecule has 0 spiro atoms. The molecule has 0 radical (unpaired) electrons. The monoisotopic (exact) mass is 387 g/mol. The molecule has 142 valence electrons. The first-order valence-electron chi connectivity index (χ1n) is 9.26. The van der Waals surface area contributed by atoms with Gasteiger partial charge in [-0.2, -0.15) is 0 Å². The van der Waals surface area contributed by atoms with Crippen LogP contribution < -0.4 is 14.4 Å². The number of fused-ring (bicyclic) bond motifs is 1. The molecule has 1 saturated heterocycles. The molecule has 1 fully saturated rings. The average Bonchev–Trinajstić information content (AvgIpc) is 3.09. The number of hydrogen-bond acceptors (Lipinski definition) is 4. The molecule has 2 aromatic carbocycles. The predicted molar refractivity (Wildman–Crippen MR) is 104 cm³/mol. The van der Waals surface area contributed by atoms with Gasteiger partial charge in [0.25, 0.3) is 5.91 Å². The fourth-order valence-electron chi connectivity index (χ4n) is 3.41. The van der Waals surface area contributed by atoms with Crippen LogP contribution in [0.25, 0.3) is 0 Å². The standard InChI is InChI=1S/C21H22ClNO4/c22-18-11-16(12-19-20(18)27-9-4-8-26-19)21(24)23(13-15-7-10-25-14-15)17-5-2-1-3-6-17/h1-3,5-6,11-12,15H,4,7-10,13-14H2. The van der Waals surface area contributed by atoms with E-state index in [1.54, 1.807) is 17.0 Å². The van der Waals surface area contributed by atoms with E-state index in [-0.39, 0.29) is 5.91 Å². The van der Waals surface area contributed by atoms with Gasteiger partial charge >= 0.3 is 0 Å². The van der Waals surface area contributed by atoms with E-state index in [0.29, 0.717) is 54.4 Å². The Hall–Kier alpha value is -2.24. The second-order valence-electron chi connectivity index (χ2n) is 6.82. The number of carbonyl (C=O) groups excluding carboxylic acids is 1. The van der Waals surface area contributed by atoms with Gasteiger partial charge in [-0.25, -0.2) is 0 Å². The van der Waals surface area contributed by atoms with Crippen LogP contribution in [0.3, 0.4) is 0 Å². The lowest BCUT2D eigenvalue weighted by Crippen LogP contribution is -2.35. The van der Waals surface area contributed by atoms with Crippen molar-refractivity contribution in [1.82, 2.24) is 0 Å². The smallest absolute Gasteiger partial charge is 0.258 e. The van der Waals surface area contributed by atoms with Gasteiger partial charge < -0.3 is 19.1 Å². The number of nitrogens with zero attached hydrogens (tertiary/aromatic N) is 1. The third-order valence-corrected chi connectivity index (χ3v) is 5.11. The molecule has 5 nitrogen and oxygen atoms in total. The summed E-state index contributed by atoms with van der Waals surface area (Å²) in [4.78, 5) is 15.2. The van der Waals surface area contributed by atoms with E-state index >= 15 is 0 Å². The minimum absolute atomic E-state index is 0.106. The number of halogens is 1. The Kier molecular flexibility index (Phi) is 5.50. The second kappa shape index (κ2) is 8.19. The second-order valence-corrected chi connectivity index (χ2v) is 7.22. The third-order valence-electron chi connectivity index (χ3n) is 4.83. The normalized spacial score (nSPS) is 18.8. The van der Waals surface area contributed by atoms with Crippen LogP contribution in [-0.2, 0) is 4.74 Å². The maximum Gasteiger partial charge on any atom is 0.258 e. The van der Waals surface area contributed by atoms with Crippen molar-refractivity contribution < 1.29 is 19.0 Å². The molecule has 0 saturated carbocycles. The van der Waals surface area contributed by atoms with Crippen molar-refractivity contribution in [3.05, 3.63) is 53.1 Å². The molecule has 2 heterocycles. The highest BCUT2D eigenvalue weighted by Gasteiger charge is 2.26. The first kappa shape index (κ1) is 18.1. The van der Waals surface area contributed by atoms with E-state index in [2.05, 4.69) is 0 Å². The van der Waals surface area contributed by atoms with Gasteiger partial charge in [-0.05, 0) is 30.7 Å². The SMILES string of the molecule is O=C(c1cc(Cl)c2c(c1)OCCCO2)N(CC1CCOC1)c1ccccc1. The molecule has 2 aromatic rings. The highest BCUT2D eigenvalue weighted by atomic mass is 35.5. The number of ether oxygens (including phenoxy) is 3. The van der Waals surface area contributed by atoms with Crippen molar-refractivity contribution in [2.24, 2.45) is 5.92 Å². The summed E-state index contributed by atoms with van der Waals surface area (Å²) in [5.41, 5.74) is 1.35. The summed E-state index contributed by atoms with van der Waals surface area (Å²) in [5, 5.41) is 0.398. The van der Waals surface area contributed by atoms with Crippen LogP contribution in [0.2, 0.25) is 5.02 Å². The molecule has 2 aliphatic heterocycles. The summed E-state index contributed by atoms with van der Waals surface area (Å²) in [7, 11) is 0. The highest BCUT2D eigenvalue weighted by molar-refractivity contribution is 6.32. The van der Waals surface area contributed by atoms with Gasteiger partial charge in [0.15, 0.2) is 11.5 Å². The van der Waals surface area contributed by atoms with E-state index in [1.165, 1.54) is 0 Å². The summed E-state index contributed by atoms with van der Waals surface area (Å²) in [5.74, 6) is 1.26. The van der Waals surface area contributed by atoms with Gasteiger partial charge in [0, 0.05) is 36.7 Å². The maximum atomic E-state index is 13.4. The number of anilines is 1. The van der Waals surface area contributed by atoms with Crippen molar-refractivity contribution in [2.45, 2.75) is 12.8 Å². The topological polar surface area (TPSA) is 48.0 Å². The molecular weight excluding hydrogens is 366 g/mol. The summed E-state index contributed by atoms with van der Waals surface area (Å²) < 4.78 is 16.9. The Balaban J connectivity index is 1.66. The van der Waals surface area contributed by atoms with Crippen LogP contribution in [-0.4, -0.2) is 38.9 Å². The zero-order valence-electron chi connectivity index (χ0n) is 15.0. The van der Waals surface area contributed by atoms with Crippen LogP contribution >= 0.6 is 11.6 Å². The first-order valence-corrected chi connectivity index (χ1v) is 9.64. The van der Waals surface area contributed by atoms with Crippen LogP contribution in [0.5, 0.6) is 11.5 Å². The van der Waals surface area contributed by atoms with E-state index < -0.39 is 0 Å². The van der Waals surface area contributed by atoms with Crippen LogP contribution in [0, 0.1) is 5.92 Å². The number of amides is 1. The fourth-order valence-corrected chi connectivity index (χ4v) is 3.67. The minimum atomic E-state index is -0.106. The van der Waals surface area contributed by atoms with Crippen molar-refractivity contribution in [3.8, 4) is 11.5 Å². The Morgan fingerprint density at radius 3 is 2.70 bits per heavy atom. The predicted octanol–water partition coefficient (Wildman–Crippen LogP) is 4.18. The Morgan fingerprint density at radius 2 is 1.93 bits per heavy atom. The number of hydrogen-bond donors (Lipinski definition) is 0. The summed E-state index contributed by atoms with van der Waals surface area (Å²) >= 11 is 6.39. The van der Waals surface area contributed by atoms with E-state index in [0.717, 1.165) is 25.1 Å². The van der Waals surface area contributed by atoms with Gasteiger partial charge in [0.05, 0.1) is 24.8 Å². The molecule has 0 N–H and O–H groups in total. The Bertz CT molecular complexity index is 805. The lowest BCUT2D eigenvalue weighted by molar-refractivity contribution is 0.0981. The molecule has 6 heteroatoms. The number of para-hydroxylation sites is 1. The van der Waals surface area contributed by atoms with Crippen molar-refractivity contribution in [3.63, 3.8) is 0 Å². The molecule has 0 bridgehead atoms. The van der Waals surface area contributed by atoms with Gasteiger partial charge in [-0.1, -0.05) is 29.8 Å². The molecule has 0 aliphatic carbocycles. The molecule has 1 amide bonds. The first-order chi connectivity index (χ1) is 13.2. The number of carbonyl (C=O) groups is 1. The summed E-state index contributed by atoms with van der Waals surface area (Å²) in [6.45, 7) is 3.13. The fraction of sp³-hybridized carbons (Fsp3) is 0.381. The van der Waals surface area contributed by atoms with Crippen LogP contribution in [0.15, 0.2) is 42.5 Å². The number of rotatable bonds is 4. The van der Waals surface area contributed by atoms with Gasteiger partial charge in [0.2, 0.25) is 0 Å². The van der Waals surface area contributed by atoms with Crippen LogP contribution in [0.4, 0.5) is 5.69 Å². The molecule has 27 heavy (non-hydrogen) atoms. The lowest BCUT2D eigenvalue weighted by atomic mass is 10.1. The van der Waals surface area contributed by atoms with E-state index in [4.69, 9.17) is 25.8 Å². The largest absolute Gasteiger partial charge is 0.489 e. The minimum Gasteiger partial charge on any atom is -0.489 e. The molecule has 4 rings (SSSR count). The van der Waals surface area contributed by atoms with Crippen molar-refractivity contribution >= 4 is 23.2 Å². The molecule has 2 aliphatic rings.